The number of rotatable bonds is 4. The van der Waals surface area contributed by atoms with Gasteiger partial charge in [-0.05, 0) is 44.2 Å². The summed E-state index contributed by atoms with van der Waals surface area (Å²) in [5, 5.41) is 4.66. The number of H-pyrrole nitrogens is 1. The molecule has 0 amide bonds. The smallest absolute Gasteiger partial charge is 0.326 e. The van der Waals surface area contributed by atoms with Crippen LogP contribution in [0.4, 0.5) is 15.9 Å². The van der Waals surface area contributed by atoms with Gasteiger partial charge in [-0.15, -0.1) is 0 Å². The average Bonchev–Trinajstić information content (AvgIpc) is 3.49. The van der Waals surface area contributed by atoms with Crippen LogP contribution in [0.3, 0.4) is 0 Å². The van der Waals surface area contributed by atoms with Crippen molar-refractivity contribution in [3.05, 3.63) is 35.7 Å². The molecule has 1 aliphatic carbocycles. The fourth-order valence-corrected chi connectivity index (χ4v) is 5.30. The number of fused-ring (bicyclic) bond motifs is 5. The summed E-state index contributed by atoms with van der Waals surface area (Å²) in [5.74, 6) is 1.98. The number of piperidine rings is 1. The molecule has 6 rings (SSSR count). The molecule has 33 heavy (non-hydrogen) atoms. The number of hydrogen-bond acceptors (Lipinski definition) is 8. The summed E-state index contributed by atoms with van der Waals surface area (Å²) in [6, 6.07) is 2.19. The van der Waals surface area contributed by atoms with E-state index < -0.39 is 0 Å². The van der Waals surface area contributed by atoms with Crippen LogP contribution in [0.2, 0.25) is 0 Å². The van der Waals surface area contributed by atoms with Gasteiger partial charge in [0, 0.05) is 31.1 Å². The lowest BCUT2D eigenvalue weighted by molar-refractivity contribution is 0.435. The number of nitrogens with zero attached hydrogens (tertiary/aromatic N) is 5. The van der Waals surface area contributed by atoms with Crippen molar-refractivity contribution in [2.24, 2.45) is 11.7 Å². The fraction of sp³-hybridized carbons (Fsp3) is 0.391. The first-order valence-corrected chi connectivity index (χ1v) is 11.1. The SMILES string of the molecule is CNc1cc(F)c(C)c2c1[nH]c1nc(Oc3cnc(C)nc3)nc(N3C[C@H]4CC3C[C@H]4N)c12. The van der Waals surface area contributed by atoms with E-state index in [1.165, 1.54) is 6.07 Å². The summed E-state index contributed by atoms with van der Waals surface area (Å²) in [7, 11) is 1.77. The third-order valence-corrected chi connectivity index (χ3v) is 6.99. The van der Waals surface area contributed by atoms with Crippen LogP contribution in [-0.2, 0) is 0 Å². The zero-order valence-corrected chi connectivity index (χ0v) is 18.7. The van der Waals surface area contributed by atoms with E-state index in [0.717, 1.165) is 41.5 Å². The molecule has 1 aromatic carbocycles. The van der Waals surface area contributed by atoms with Crippen LogP contribution in [0, 0.1) is 25.6 Å². The van der Waals surface area contributed by atoms with Gasteiger partial charge in [-0.2, -0.15) is 9.97 Å². The summed E-state index contributed by atoms with van der Waals surface area (Å²) < 4.78 is 20.8. The lowest BCUT2D eigenvalue weighted by atomic mass is 10.0. The van der Waals surface area contributed by atoms with Crippen LogP contribution in [0.15, 0.2) is 18.5 Å². The van der Waals surface area contributed by atoms with Gasteiger partial charge in [0.2, 0.25) is 0 Å². The first kappa shape index (κ1) is 20.1. The molecule has 1 unspecified atom stereocenters. The molecule has 3 aromatic heterocycles. The molecule has 2 aliphatic rings. The van der Waals surface area contributed by atoms with Crippen molar-refractivity contribution < 1.29 is 9.13 Å². The maximum absolute atomic E-state index is 14.8. The zero-order valence-electron chi connectivity index (χ0n) is 18.7. The Morgan fingerprint density at radius 1 is 1.18 bits per heavy atom. The largest absolute Gasteiger partial charge is 0.421 e. The molecule has 2 bridgehead atoms. The Labute approximate surface area is 189 Å². The van der Waals surface area contributed by atoms with Gasteiger partial charge >= 0.3 is 6.01 Å². The van der Waals surface area contributed by atoms with Gasteiger partial charge in [0.25, 0.3) is 0 Å². The highest BCUT2D eigenvalue weighted by atomic mass is 19.1. The van der Waals surface area contributed by atoms with E-state index in [-0.39, 0.29) is 17.9 Å². The molecule has 1 saturated carbocycles. The minimum absolute atomic E-state index is 0.188. The number of benzene rings is 1. The Kier molecular flexibility index (Phi) is 4.41. The Bertz CT molecular complexity index is 1380. The van der Waals surface area contributed by atoms with E-state index in [9.17, 15) is 4.39 Å². The number of aryl methyl sites for hydroxylation is 2. The van der Waals surface area contributed by atoms with Gasteiger partial charge in [0.15, 0.2) is 5.75 Å². The predicted molar refractivity (Wildman–Crippen MR) is 124 cm³/mol. The first-order chi connectivity index (χ1) is 15.9. The van der Waals surface area contributed by atoms with Gasteiger partial charge in [-0.25, -0.2) is 14.4 Å². The molecular formula is C23H25FN8O. The van der Waals surface area contributed by atoms with Crippen LogP contribution in [0.1, 0.15) is 24.2 Å². The van der Waals surface area contributed by atoms with Crippen molar-refractivity contribution in [2.75, 3.05) is 23.8 Å². The molecule has 0 radical (unpaired) electrons. The van der Waals surface area contributed by atoms with Gasteiger partial charge in [0.1, 0.15) is 23.1 Å². The van der Waals surface area contributed by atoms with Crippen LogP contribution >= 0.6 is 0 Å². The molecule has 3 atom stereocenters. The Morgan fingerprint density at radius 3 is 2.64 bits per heavy atom. The summed E-state index contributed by atoms with van der Waals surface area (Å²) in [5.41, 5.74) is 8.91. The molecule has 9 nitrogen and oxygen atoms in total. The van der Waals surface area contributed by atoms with E-state index >= 15 is 0 Å². The standard InChI is InChI=1S/C23H25FN8O/c1-10-15(24)6-17(26-3)20-18(10)19-21(29-20)30-23(33-14-7-27-11(2)28-8-14)31-22(19)32-9-12-4-13(32)5-16(12)25/h6-8,12-13,16,26H,4-5,9,25H2,1-3H3,(H,29,30,31)/t12-,13?,16-/m1/s1. The molecule has 1 aliphatic heterocycles. The number of anilines is 2. The third kappa shape index (κ3) is 3.08. The van der Waals surface area contributed by atoms with E-state index in [4.69, 9.17) is 15.5 Å². The fourth-order valence-electron chi connectivity index (χ4n) is 5.30. The van der Waals surface area contributed by atoms with Gasteiger partial charge in [-0.3, -0.25) is 0 Å². The lowest BCUT2D eigenvalue weighted by Gasteiger charge is -2.31. The molecular weight excluding hydrogens is 423 g/mol. The van der Waals surface area contributed by atoms with Gasteiger partial charge in [0.05, 0.1) is 29.0 Å². The van der Waals surface area contributed by atoms with Crippen molar-refractivity contribution in [3.63, 3.8) is 0 Å². The zero-order chi connectivity index (χ0) is 22.9. The summed E-state index contributed by atoms with van der Waals surface area (Å²) >= 11 is 0. The van der Waals surface area contributed by atoms with Gasteiger partial charge in [-0.1, -0.05) is 0 Å². The second-order valence-electron chi connectivity index (χ2n) is 8.98. The number of nitrogens with one attached hydrogen (secondary N) is 2. The van der Waals surface area contributed by atoms with Crippen LogP contribution in [0.5, 0.6) is 11.8 Å². The van der Waals surface area contributed by atoms with E-state index in [0.29, 0.717) is 40.4 Å². The molecule has 4 N–H and O–H groups in total. The number of nitrogens with two attached hydrogens (primary N) is 1. The molecule has 4 aromatic rings. The van der Waals surface area contributed by atoms with Gasteiger partial charge < -0.3 is 25.7 Å². The second kappa shape index (κ2) is 7.24. The third-order valence-electron chi connectivity index (χ3n) is 6.99. The van der Waals surface area contributed by atoms with E-state index in [2.05, 4.69) is 30.2 Å². The summed E-state index contributed by atoms with van der Waals surface area (Å²) in [6.45, 7) is 4.40. The molecule has 170 valence electrons. The topological polar surface area (TPSA) is 118 Å². The highest BCUT2D eigenvalue weighted by molar-refractivity contribution is 6.16. The summed E-state index contributed by atoms with van der Waals surface area (Å²) in [4.78, 5) is 23.5. The molecule has 2 fully saturated rings. The Hall–Kier alpha value is -3.53. The van der Waals surface area contributed by atoms with Crippen molar-refractivity contribution in [2.45, 2.75) is 38.8 Å². The highest BCUT2D eigenvalue weighted by Gasteiger charge is 2.44. The number of halogens is 1. The average molecular weight is 449 g/mol. The monoisotopic (exact) mass is 448 g/mol. The van der Waals surface area contributed by atoms with E-state index in [1.807, 2.05) is 6.92 Å². The quantitative estimate of drug-likeness (QED) is 0.435. The number of aromatic nitrogens is 5. The van der Waals surface area contributed by atoms with E-state index in [1.54, 1.807) is 26.4 Å². The van der Waals surface area contributed by atoms with Crippen LogP contribution < -0.4 is 20.7 Å². The molecule has 1 saturated heterocycles. The van der Waals surface area contributed by atoms with Crippen molar-refractivity contribution in [1.82, 2.24) is 24.9 Å². The molecule has 10 heteroatoms. The van der Waals surface area contributed by atoms with Crippen molar-refractivity contribution in [3.8, 4) is 11.8 Å². The predicted octanol–water partition coefficient (Wildman–Crippen LogP) is 3.42. The van der Waals surface area contributed by atoms with Crippen molar-refractivity contribution in [1.29, 1.82) is 0 Å². The molecule has 4 heterocycles. The van der Waals surface area contributed by atoms with Crippen LogP contribution in [0.25, 0.3) is 21.9 Å². The lowest BCUT2D eigenvalue weighted by Crippen LogP contribution is -2.41. The summed E-state index contributed by atoms with van der Waals surface area (Å²) in [6.07, 6.45) is 5.13. The maximum atomic E-state index is 14.8. The number of hydrogen-bond donors (Lipinski definition) is 3. The Balaban J connectivity index is 1.58. The Morgan fingerprint density at radius 2 is 1.97 bits per heavy atom. The molecule has 0 spiro atoms. The number of aromatic amines is 1. The second-order valence-corrected chi connectivity index (χ2v) is 8.98. The van der Waals surface area contributed by atoms with Crippen molar-refractivity contribution >= 4 is 33.4 Å². The minimum Gasteiger partial charge on any atom is -0.421 e. The minimum atomic E-state index is -0.277. The normalized spacial score (nSPS) is 22.0. The maximum Gasteiger partial charge on any atom is 0.326 e. The first-order valence-electron chi connectivity index (χ1n) is 11.1. The van der Waals surface area contributed by atoms with Crippen LogP contribution in [-0.4, -0.2) is 50.6 Å². The number of ether oxygens (including phenoxy) is 1. The highest BCUT2D eigenvalue weighted by Crippen LogP contribution is 2.45.